The lowest BCUT2D eigenvalue weighted by atomic mass is 10.3. The van der Waals surface area contributed by atoms with Crippen LogP contribution in [0.1, 0.15) is 23.5 Å². The molecule has 0 aliphatic carbocycles. The molecule has 2 heterocycles. The maximum Gasteiger partial charge on any atom is 0.191 e. The minimum absolute atomic E-state index is 0.295. The average molecular weight is 318 g/mol. The molecule has 0 aliphatic heterocycles. The monoisotopic (exact) mass is 318 g/mol. The Labute approximate surface area is 135 Å². The number of nitrogens with zero attached hydrogens (tertiary/aromatic N) is 4. The Morgan fingerprint density at radius 1 is 1.35 bits per heavy atom. The van der Waals surface area contributed by atoms with Gasteiger partial charge in [0.25, 0.3) is 0 Å². The number of hydrogen-bond donors (Lipinski definition) is 2. The zero-order chi connectivity index (χ0) is 16.7. The fourth-order valence-electron chi connectivity index (χ4n) is 2.27. The van der Waals surface area contributed by atoms with E-state index in [0.29, 0.717) is 18.2 Å². The minimum atomic E-state index is -0.319. The van der Waals surface area contributed by atoms with E-state index in [0.717, 1.165) is 30.9 Å². The van der Waals surface area contributed by atoms with Crippen molar-refractivity contribution < 1.29 is 4.39 Å². The fourth-order valence-corrected chi connectivity index (χ4v) is 2.27. The van der Waals surface area contributed by atoms with Crippen LogP contribution in [0.4, 0.5) is 4.39 Å². The number of nitrogens with one attached hydrogen (secondary N) is 2. The van der Waals surface area contributed by atoms with E-state index < -0.39 is 0 Å². The topological polar surface area (TPSA) is 67.1 Å². The summed E-state index contributed by atoms with van der Waals surface area (Å²) < 4.78 is 15.5. The second-order valence-corrected chi connectivity index (χ2v) is 5.29. The molecule has 7 heteroatoms. The van der Waals surface area contributed by atoms with Crippen molar-refractivity contribution in [2.24, 2.45) is 4.99 Å². The van der Waals surface area contributed by atoms with Gasteiger partial charge in [0, 0.05) is 32.0 Å². The molecule has 0 atom stereocenters. The van der Waals surface area contributed by atoms with Gasteiger partial charge >= 0.3 is 0 Å². The Morgan fingerprint density at radius 3 is 2.83 bits per heavy atom. The summed E-state index contributed by atoms with van der Waals surface area (Å²) in [5.41, 5.74) is 2.57. The van der Waals surface area contributed by atoms with E-state index in [1.54, 1.807) is 19.3 Å². The molecule has 0 aromatic carbocycles. The third-order valence-corrected chi connectivity index (χ3v) is 3.42. The summed E-state index contributed by atoms with van der Waals surface area (Å²) in [6.45, 7) is 5.94. The van der Waals surface area contributed by atoms with E-state index in [1.807, 2.05) is 11.6 Å². The van der Waals surface area contributed by atoms with Crippen molar-refractivity contribution in [1.29, 1.82) is 0 Å². The predicted octanol–water partition coefficient (Wildman–Crippen LogP) is 1.79. The molecule has 2 rings (SSSR count). The smallest absolute Gasteiger partial charge is 0.191 e. The van der Waals surface area contributed by atoms with Crippen molar-refractivity contribution in [3.05, 3.63) is 47.3 Å². The molecule has 2 N–H and O–H groups in total. The molecule has 0 saturated heterocycles. The number of aliphatic imine (C=N–C) groups is 1. The molecular formula is C16H23FN6. The first-order valence-electron chi connectivity index (χ1n) is 7.65. The van der Waals surface area contributed by atoms with Crippen LogP contribution < -0.4 is 10.6 Å². The highest BCUT2D eigenvalue weighted by Crippen LogP contribution is 2.03. The number of aromatic nitrogens is 3. The number of pyridine rings is 1. The van der Waals surface area contributed by atoms with Gasteiger partial charge in [-0.25, -0.2) is 4.39 Å². The van der Waals surface area contributed by atoms with Crippen molar-refractivity contribution in [1.82, 2.24) is 25.4 Å². The van der Waals surface area contributed by atoms with Gasteiger partial charge in [-0.05, 0) is 38.5 Å². The van der Waals surface area contributed by atoms with Crippen molar-refractivity contribution >= 4 is 5.96 Å². The Hall–Kier alpha value is -2.44. The maximum atomic E-state index is 13.5. The van der Waals surface area contributed by atoms with Gasteiger partial charge in [-0.3, -0.25) is 14.7 Å². The van der Waals surface area contributed by atoms with E-state index in [4.69, 9.17) is 0 Å². The maximum absolute atomic E-state index is 13.5. The summed E-state index contributed by atoms with van der Waals surface area (Å²) >= 11 is 0. The summed E-state index contributed by atoms with van der Waals surface area (Å²) in [5, 5.41) is 10.7. The van der Waals surface area contributed by atoms with Crippen molar-refractivity contribution in [3.8, 4) is 0 Å². The summed E-state index contributed by atoms with van der Waals surface area (Å²) in [7, 11) is 1.69. The third kappa shape index (κ3) is 5.05. The SMILES string of the molecule is CN=C(NCCCn1nc(C)cc1C)NCc1ncccc1F. The molecule has 0 radical (unpaired) electrons. The zero-order valence-electron chi connectivity index (χ0n) is 13.8. The van der Waals surface area contributed by atoms with Gasteiger partial charge in [-0.15, -0.1) is 0 Å². The molecule has 2 aromatic rings. The Balaban J connectivity index is 1.73. The second-order valence-electron chi connectivity index (χ2n) is 5.29. The highest BCUT2D eigenvalue weighted by molar-refractivity contribution is 5.79. The molecule has 0 spiro atoms. The Morgan fingerprint density at radius 2 is 2.17 bits per heavy atom. The van der Waals surface area contributed by atoms with Gasteiger partial charge in [0.05, 0.1) is 17.9 Å². The molecule has 0 bridgehead atoms. The van der Waals surface area contributed by atoms with Crippen molar-refractivity contribution in [3.63, 3.8) is 0 Å². The molecule has 2 aromatic heterocycles. The van der Waals surface area contributed by atoms with E-state index >= 15 is 0 Å². The summed E-state index contributed by atoms with van der Waals surface area (Å²) in [5.74, 6) is 0.309. The van der Waals surface area contributed by atoms with Crippen LogP contribution in [-0.4, -0.2) is 34.3 Å². The Kier molecular flexibility index (Phi) is 6.08. The molecule has 23 heavy (non-hydrogen) atoms. The number of guanidine groups is 1. The van der Waals surface area contributed by atoms with E-state index in [9.17, 15) is 4.39 Å². The minimum Gasteiger partial charge on any atom is -0.356 e. The Bertz CT molecular complexity index is 664. The second kappa shape index (κ2) is 8.26. The molecule has 0 unspecified atom stereocenters. The number of rotatable bonds is 6. The summed E-state index contributed by atoms with van der Waals surface area (Å²) in [6.07, 6.45) is 2.49. The lowest BCUT2D eigenvalue weighted by molar-refractivity contribution is 0.554. The van der Waals surface area contributed by atoms with Crippen LogP contribution in [0.2, 0.25) is 0 Å². The third-order valence-electron chi connectivity index (χ3n) is 3.42. The van der Waals surface area contributed by atoms with Crippen molar-refractivity contribution in [2.45, 2.75) is 33.4 Å². The molecule has 0 saturated carbocycles. The van der Waals surface area contributed by atoms with Crippen LogP contribution in [0.25, 0.3) is 0 Å². The lowest BCUT2D eigenvalue weighted by Gasteiger charge is -2.12. The lowest BCUT2D eigenvalue weighted by Crippen LogP contribution is -2.38. The zero-order valence-corrected chi connectivity index (χ0v) is 13.8. The number of aryl methyl sites for hydroxylation is 3. The van der Waals surface area contributed by atoms with Crippen LogP contribution in [0.3, 0.4) is 0 Å². The highest BCUT2D eigenvalue weighted by atomic mass is 19.1. The summed E-state index contributed by atoms with van der Waals surface area (Å²) in [6, 6.07) is 5.04. The highest BCUT2D eigenvalue weighted by Gasteiger charge is 2.04. The molecule has 0 amide bonds. The predicted molar refractivity (Wildman–Crippen MR) is 88.7 cm³/mol. The molecule has 6 nitrogen and oxygen atoms in total. The first-order chi connectivity index (χ1) is 11.1. The van der Waals surface area contributed by atoms with Gasteiger partial charge in [0.1, 0.15) is 5.82 Å². The molecular weight excluding hydrogens is 295 g/mol. The standard InChI is InChI=1S/C16H23FN6/c1-12-10-13(2)23(22-12)9-5-8-20-16(18-3)21-11-15-14(17)6-4-7-19-15/h4,6-7,10H,5,8-9,11H2,1-3H3,(H2,18,20,21). The van der Waals surface area contributed by atoms with Crippen LogP contribution in [-0.2, 0) is 13.1 Å². The quantitative estimate of drug-likeness (QED) is 0.484. The van der Waals surface area contributed by atoms with E-state index in [1.165, 1.54) is 6.07 Å². The van der Waals surface area contributed by atoms with Gasteiger partial charge in [-0.2, -0.15) is 5.10 Å². The van der Waals surface area contributed by atoms with Crippen molar-refractivity contribution in [2.75, 3.05) is 13.6 Å². The van der Waals surface area contributed by atoms with Gasteiger partial charge < -0.3 is 10.6 Å². The van der Waals surface area contributed by atoms with Crippen LogP contribution in [0, 0.1) is 19.7 Å². The molecule has 0 fully saturated rings. The van der Waals surface area contributed by atoms with E-state index in [2.05, 4.69) is 38.7 Å². The normalized spacial score (nSPS) is 11.6. The molecule has 0 aliphatic rings. The van der Waals surface area contributed by atoms with Gasteiger partial charge in [0.2, 0.25) is 0 Å². The average Bonchev–Trinajstić information content (AvgIpc) is 2.86. The van der Waals surface area contributed by atoms with Gasteiger partial charge in [0.15, 0.2) is 5.96 Å². The summed E-state index contributed by atoms with van der Waals surface area (Å²) in [4.78, 5) is 8.12. The fraction of sp³-hybridized carbons (Fsp3) is 0.438. The largest absolute Gasteiger partial charge is 0.356 e. The van der Waals surface area contributed by atoms with Crippen LogP contribution in [0.15, 0.2) is 29.4 Å². The number of halogens is 1. The van der Waals surface area contributed by atoms with Crippen LogP contribution in [0.5, 0.6) is 0 Å². The van der Waals surface area contributed by atoms with E-state index in [-0.39, 0.29) is 5.82 Å². The first kappa shape index (κ1) is 16.9. The van der Waals surface area contributed by atoms with Gasteiger partial charge in [-0.1, -0.05) is 0 Å². The molecule has 124 valence electrons. The van der Waals surface area contributed by atoms with Crippen LogP contribution >= 0.6 is 0 Å². The number of hydrogen-bond acceptors (Lipinski definition) is 3. The first-order valence-corrected chi connectivity index (χ1v) is 7.65.